The normalized spacial score (nSPS) is 14.4. The summed E-state index contributed by atoms with van der Waals surface area (Å²) in [6.45, 7) is 6.99. The highest BCUT2D eigenvalue weighted by molar-refractivity contribution is 5.73. The summed E-state index contributed by atoms with van der Waals surface area (Å²) in [6.07, 6.45) is 9.30. The quantitative estimate of drug-likeness (QED) is 0.183. The highest BCUT2D eigenvalue weighted by Crippen LogP contribution is 2.27. The molecule has 0 saturated carbocycles. The third-order valence-corrected chi connectivity index (χ3v) is 8.00. The lowest BCUT2D eigenvalue weighted by molar-refractivity contribution is 0.220. The van der Waals surface area contributed by atoms with E-state index in [2.05, 4.69) is 50.7 Å². The van der Waals surface area contributed by atoms with Crippen LogP contribution in [-0.2, 0) is 6.54 Å². The SMILES string of the molecule is CN(CCCCNC(=O)NCCCOc1cccc(CN2CCCCC2)c1)CCC(c1ccc(F)cc1)c1ccccn1. The zero-order valence-corrected chi connectivity index (χ0v) is 25.6. The third-order valence-electron chi connectivity index (χ3n) is 8.00. The van der Waals surface area contributed by atoms with Crippen molar-refractivity contribution in [1.29, 1.82) is 0 Å². The predicted octanol–water partition coefficient (Wildman–Crippen LogP) is 6.21. The molecule has 8 heteroatoms. The van der Waals surface area contributed by atoms with E-state index in [0.717, 1.165) is 62.3 Å². The molecule has 3 aromatic rings. The van der Waals surface area contributed by atoms with Crippen LogP contribution in [0.4, 0.5) is 9.18 Å². The summed E-state index contributed by atoms with van der Waals surface area (Å²) in [4.78, 5) is 21.5. The summed E-state index contributed by atoms with van der Waals surface area (Å²) in [5, 5.41) is 5.88. The number of likely N-dealkylation sites (tertiary alicyclic amines) is 1. The van der Waals surface area contributed by atoms with Gasteiger partial charge in [-0.15, -0.1) is 0 Å². The van der Waals surface area contributed by atoms with Crippen LogP contribution in [0.3, 0.4) is 0 Å². The van der Waals surface area contributed by atoms with Gasteiger partial charge in [-0.3, -0.25) is 9.88 Å². The molecule has 43 heavy (non-hydrogen) atoms. The van der Waals surface area contributed by atoms with Crippen molar-refractivity contribution in [3.8, 4) is 5.75 Å². The molecule has 4 rings (SSSR count). The van der Waals surface area contributed by atoms with E-state index < -0.39 is 0 Å². The third kappa shape index (κ3) is 12.0. The van der Waals surface area contributed by atoms with Crippen molar-refractivity contribution in [2.45, 2.75) is 57.4 Å². The molecule has 2 amide bonds. The first kappa shape index (κ1) is 32.4. The number of carbonyl (C=O) groups is 1. The maximum absolute atomic E-state index is 13.5. The molecule has 1 fully saturated rings. The van der Waals surface area contributed by atoms with Gasteiger partial charge in [-0.25, -0.2) is 9.18 Å². The summed E-state index contributed by atoms with van der Waals surface area (Å²) >= 11 is 0. The molecule has 1 unspecified atom stereocenters. The Hall–Kier alpha value is -3.49. The molecule has 2 N–H and O–H groups in total. The summed E-state index contributed by atoms with van der Waals surface area (Å²) in [7, 11) is 2.12. The number of carbonyl (C=O) groups excluding carboxylic acids is 1. The molecule has 2 aromatic carbocycles. The van der Waals surface area contributed by atoms with Crippen LogP contribution in [0.25, 0.3) is 0 Å². The number of hydrogen-bond donors (Lipinski definition) is 2. The zero-order chi connectivity index (χ0) is 30.1. The van der Waals surface area contributed by atoms with Crippen molar-refractivity contribution in [2.75, 3.05) is 52.9 Å². The minimum absolute atomic E-state index is 0.120. The first-order chi connectivity index (χ1) is 21.1. The van der Waals surface area contributed by atoms with Gasteiger partial charge in [0.25, 0.3) is 0 Å². The Labute approximate surface area is 256 Å². The van der Waals surface area contributed by atoms with Crippen LogP contribution in [0, 0.1) is 5.82 Å². The number of nitrogens with one attached hydrogen (secondary N) is 2. The van der Waals surface area contributed by atoms with E-state index in [-0.39, 0.29) is 17.8 Å². The molecule has 1 aliphatic heterocycles. The van der Waals surface area contributed by atoms with Crippen molar-refractivity contribution < 1.29 is 13.9 Å². The number of benzene rings is 2. The van der Waals surface area contributed by atoms with E-state index in [1.165, 1.54) is 50.0 Å². The second-order valence-corrected chi connectivity index (χ2v) is 11.5. The van der Waals surface area contributed by atoms with Crippen molar-refractivity contribution in [3.05, 3.63) is 95.6 Å². The molecule has 1 saturated heterocycles. The number of unbranched alkanes of at least 4 members (excludes halogenated alkanes) is 1. The van der Waals surface area contributed by atoms with E-state index >= 15 is 0 Å². The van der Waals surface area contributed by atoms with E-state index in [9.17, 15) is 9.18 Å². The smallest absolute Gasteiger partial charge is 0.314 e. The first-order valence-corrected chi connectivity index (χ1v) is 15.9. The van der Waals surface area contributed by atoms with Gasteiger partial charge in [0, 0.05) is 37.4 Å². The second kappa shape index (κ2) is 18.2. The lowest BCUT2D eigenvalue weighted by Gasteiger charge is -2.26. The maximum atomic E-state index is 13.5. The van der Waals surface area contributed by atoms with E-state index in [4.69, 9.17) is 4.74 Å². The van der Waals surface area contributed by atoms with Crippen LogP contribution in [0.5, 0.6) is 5.75 Å². The fourth-order valence-electron chi connectivity index (χ4n) is 5.57. The first-order valence-electron chi connectivity index (χ1n) is 15.9. The predicted molar refractivity (Wildman–Crippen MR) is 171 cm³/mol. The number of aromatic nitrogens is 1. The van der Waals surface area contributed by atoms with Gasteiger partial charge < -0.3 is 20.3 Å². The topological polar surface area (TPSA) is 69.7 Å². The molecular formula is C35H48FN5O2. The van der Waals surface area contributed by atoms with Gasteiger partial charge in [0.15, 0.2) is 0 Å². The van der Waals surface area contributed by atoms with Crippen LogP contribution in [0.15, 0.2) is 72.9 Å². The fourth-order valence-corrected chi connectivity index (χ4v) is 5.57. The molecular weight excluding hydrogens is 541 g/mol. The molecule has 0 bridgehead atoms. The van der Waals surface area contributed by atoms with Gasteiger partial charge in [-0.1, -0.05) is 36.8 Å². The van der Waals surface area contributed by atoms with Crippen molar-refractivity contribution in [3.63, 3.8) is 0 Å². The Balaban J connectivity index is 1.04. The molecule has 0 spiro atoms. The molecule has 1 aromatic heterocycles. The van der Waals surface area contributed by atoms with Gasteiger partial charge in [-0.05, 0) is 119 Å². The molecule has 7 nitrogen and oxygen atoms in total. The van der Waals surface area contributed by atoms with Crippen LogP contribution in [-0.4, -0.2) is 73.7 Å². The number of hydrogen-bond acceptors (Lipinski definition) is 5. The van der Waals surface area contributed by atoms with Crippen molar-refractivity contribution >= 4 is 6.03 Å². The van der Waals surface area contributed by atoms with E-state index in [1.807, 2.05) is 42.6 Å². The van der Waals surface area contributed by atoms with Gasteiger partial charge in [0.2, 0.25) is 0 Å². The van der Waals surface area contributed by atoms with Crippen molar-refractivity contribution in [2.24, 2.45) is 0 Å². The average molecular weight is 590 g/mol. The standard InChI is InChI=1S/C35H48FN5O2/c1-40(25-18-33(34-13-3-4-19-37-34)30-14-16-31(36)17-15-30)22-8-5-20-38-35(42)39-21-10-26-43-32-12-9-11-29(27-32)28-41-23-6-2-7-24-41/h3-4,9,11-17,19,27,33H,2,5-8,10,18,20-26,28H2,1H3,(H2,38,39,42). The summed E-state index contributed by atoms with van der Waals surface area (Å²) in [6, 6.07) is 20.9. The number of rotatable bonds is 17. The van der Waals surface area contributed by atoms with Crippen LogP contribution >= 0.6 is 0 Å². The van der Waals surface area contributed by atoms with Crippen molar-refractivity contribution in [1.82, 2.24) is 25.4 Å². The molecule has 0 radical (unpaired) electrons. The van der Waals surface area contributed by atoms with Gasteiger partial charge in [0.05, 0.1) is 6.61 Å². The number of halogens is 1. The number of ether oxygens (including phenoxy) is 1. The lowest BCUT2D eigenvalue weighted by atomic mass is 9.91. The minimum atomic E-state index is -0.225. The zero-order valence-electron chi connectivity index (χ0n) is 25.6. The Morgan fingerprint density at radius 3 is 2.51 bits per heavy atom. The summed E-state index contributed by atoms with van der Waals surface area (Å²) in [5.74, 6) is 0.790. The lowest BCUT2D eigenvalue weighted by Crippen LogP contribution is -2.37. The van der Waals surface area contributed by atoms with Crippen LogP contribution in [0.1, 0.15) is 67.7 Å². The maximum Gasteiger partial charge on any atom is 0.314 e. The molecule has 2 heterocycles. The van der Waals surface area contributed by atoms with Gasteiger partial charge >= 0.3 is 6.03 Å². The van der Waals surface area contributed by atoms with Gasteiger partial charge in [0.1, 0.15) is 11.6 Å². The van der Waals surface area contributed by atoms with Gasteiger partial charge in [-0.2, -0.15) is 0 Å². The largest absolute Gasteiger partial charge is 0.494 e. The van der Waals surface area contributed by atoms with E-state index in [1.54, 1.807) is 0 Å². The number of amides is 2. The highest BCUT2D eigenvalue weighted by atomic mass is 19.1. The number of piperidine rings is 1. The molecule has 1 aliphatic rings. The highest BCUT2D eigenvalue weighted by Gasteiger charge is 2.16. The second-order valence-electron chi connectivity index (χ2n) is 11.5. The molecule has 1 atom stereocenters. The minimum Gasteiger partial charge on any atom is -0.494 e. The van der Waals surface area contributed by atoms with Crippen LogP contribution in [0.2, 0.25) is 0 Å². The molecule has 232 valence electrons. The van der Waals surface area contributed by atoms with E-state index in [0.29, 0.717) is 19.7 Å². The monoisotopic (exact) mass is 589 g/mol. The Bertz CT molecular complexity index is 1200. The molecule has 0 aliphatic carbocycles. The number of urea groups is 1. The number of nitrogens with zero attached hydrogens (tertiary/aromatic N) is 3. The average Bonchev–Trinajstić information content (AvgIpc) is 3.03. The summed E-state index contributed by atoms with van der Waals surface area (Å²) < 4.78 is 19.4. The summed E-state index contributed by atoms with van der Waals surface area (Å²) in [5.41, 5.74) is 3.37. The fraction of sp³-hybridized carbons (Fsp3) is 0.486. The Morgan fingerprint density at radius 2 is 1.74 bits per heavy atom. The van der Waals surface area contributed by atoms with Crippen LogP contribution < -0.4 is 15.4 Å². The Morgan fingerprint density at radius 1 is 0.953 bits per heavy atom. The number of pyridine rings is 1. The Kier molecular flexibility index (Phi) is 13.8.